The third-order valence-corrected chi connectivity index (χ3v) is 3.32. The lowest BCUT2D eigenvalue weighted by atomic mass is 10.1. The van der Waals surface area contributed by atoms with E-state index in [4.69, 9.17) is 11.6 Å². The van der Waals surface area contributed by atoms with Crippen molar-refractivity contribution in [1.29, 1.82) is 0 Å². The Labute approximate surface area is 91.6 Å². The average molecular weight is 261 g/mol. The lowest BCUT2D eigenvalue weighted by Crippen LogP contribution is -2.24. The molecule has 0 aliphatic heterocycles. The van der Waals surface area contributed by atoms with E-state index in [9.17, 15) is 0 Å². The molecule has 0 unspecified atom stereocenters. The van der Waals surface area contributed by atoms with E-state index in [1.54, 1.807) is 0 Å². The van der Waals surface area contributed by atoms with Crippen LogP contribution in [0.15, 0.2) is 22.7 Å². The van der Waals surface area contributed by atoms with E-state index >= 15 is 0 Å². The Morgan fingerprint density at radius 2 is 2.08 bits per heavy atom. The first kappa shape index (κ1) is 9.50. The average Bonchev–Trinajstić information content (AvgIpc) is 2.82. The van der Waals surface area contributed by atoms with E-state index < -0.39 is 0 Å². The van der Waals surface area contributed by atoms with Crippen LogP contribution in [0.2, 0.25) is 5.02 Å². The highest BCUT2D eigenvalue weighted by Crippen LogP contribution is 2.46. The second-order valence-corrected chi connectivity index (χ2v) is 4.84. The zero-order valence-corrected chi connectivity index (χ0v) is 9.74. The molecule has 0 radical (unpaired) electrons. The monoisotopic (exact) mass is 259 g/mol. The van der Waals surface area contributed by atoms with E-state index in [0.29, 0.717) is 0 Å². The Morgan fingerprint density at radius 3 is 2.54 bits per heavy atom. The van der Waals surface area contributed by atoms with Crippen LogP contribution in [-0.2, 0) is 5.54 Å². The molecule has 1 aromatic rings. The summed E-state index contributed by atoms with van der Waals surface area (Å²) in [6.07, 6.45) is 2.41. The minimum atomic E-state index is 0.202. The molecule has 3 heteroatoms. The Hall–Kier alpha value is -0.0500. The van der Waals surface area contributed by atoms with E-state index in [2.05, 4.69) is 27.3 Å². The predicted molar refractivity (Wildman–Crippen MR) is 59.1 cm³/mol. The van der Waals surface area contributed by atoms with E-state index in [1.807, 2.05) is 19.2 Å². The first-order valence-electron chi connectivity index (χ1n) is 4.32. The van der Waals surface area contributed by atoms with Crippen LogP contribution in [0.1, 0.15) is 18.4 Å². The molecule has 13 heavy (non-hydrogen) atoms. The summed E-state index contributed by atoms with van der Waals surface area (Å²) in [5.41, 5.74) is 1.49. The number of hydrogen-bond donors (Lipinski definition) is 1. The summed E-state index contributed by atoms with van der Waals surface area (Å²) < 4.78 is 1.05. The van der Waals surface area contributed by atoms with Gasteiger partial charge in [-0.1, -0.05) is 27.5 Å². The quantitative estimate of drug-likeness (QED) is 0.860. The number of rotatable bonds is 2. The molecule has 70 valence electrons. The van der Waals surface area contributed by atoms with Crippen molar-refractivity contribution in [3.63, 3.8) is 0 Å². The van der Waals surface area contributed by atoms with Gasteiger partial charge in [-0.2, -0.15) is 0 Å². The summed E-state index contributed by atoms with van der Waals surface area (Å²) >= 11 is 9.43. The minimum Gasteiger partial charge on any atom is -0.310 e. The van der Waals surface area contributed by atoms with Gasteiger partial charge < -0.3 is 5.32 Å². The second kappa shape index (κ2) is 3.26. The molecular weight excluding hydrogens is 249 g/mol. The lowest BCUT2D eigenvalue weighted by molar-refractivity contribution is 0.585. The van der Waals surface area contributed by atoms with Gasteiger partial charge in [0, 0.05) is 15.0 Å². The highest BCUT2D eigenvalue weighted by atomic mass is 79.9. The van der Waals surface area contributed by atoms with Gasteiger partial charge in [0.1, 0.15) is 0 Å². The topological polar surface area (TPSA) is 12.0 Å². The van der Waals surface area contributed by atoms with Gasteiger partial charge in [-0.25, -0.2) is 0 Å². The zero-order valence-electron chi connectivity index (χ0n) is 7.40. The van der Waals surface area contributed by atoms with E-state index in [0.717, 1.165) is 9.50 Å². The van der Waals surface area contributed by atoms with E-state index in [1.165, 1.54) is 18.4 Å². The molecule has 0 heterocycles. The zero-order chi connectivity index (χ0) is 9.47. The molecule has 1 saturated carbocycles. The summed E-state index contributed by atoms with van der Waals surface area (Å²) in [6.45, 7) is 0. The van der Waals surface area contributed by atoms with Crippen LogP contribution in [-0.4, -0.2) is 7.05 Å². The van der Waals surface area contributed by atoms with Crippen LogP contribution >= 0.6 is 27.5 Å². The van der Waals surface area contributed by atoms with Crippen molar-refractivity contribution in [2.24, 2.45) is 0 Å². The van der Waals surface area contributed by atoms with Gasteiger partial charge in [0.05, 0.1) is 0 Å². The van der Waals surface area contributed by atoms with E-state index in [-0.39, 0.29) is 5.54 Å². The van der Waals surface area contributed by atoms with Crippen molar-refractivity contribution in [2.45, 2.75) is 18.4 Å². The third kappa shape index (κ3) is 1.76. The van der Waals surface area contributed by atoms with Gasteiger partial charge in [0.2, 0.25) is 0 Å². The van der Waals surface area contributed by atoms with Gasteiger partial charge in [-0.3, -0.25) is 0 Å². The van der Waals surface area contributed by atoms with Crippen LogP contribution < -0.4 is 5.32 Å². The Morgan fingerprint density at radius 1 is 1.38 bits per heavy atom. The maximum atomic E-state index is 5.98. The number of halogens is 2. The number of benzene rings is 1. The largest absolute Gasteiger partial charge is 0.310 e. The lowest BCUT2D eigenvalue weighted by Gasteiger charge is -2.15. The summed E-state index contributed by atoms with van der Waals surface area (Å²) in [7, 11) is 2.00. The fourth-order valence-electron chi connectivity index (χ4n) is 1.64. The molecule has 1 aliphatic carbocycles. The maximum Gasteiger partial charge on any atom is 0.0434 e. The van der Waals surface area contributed by atoms with Crippen molar-refractivity contribution in [3.05, 3.63) is 33.3 Å². The highest BCUT2D eigenvalue weighted by molar-refractivity contribution is 9.10. The first-order chi connectivity index (χ1) is 6.16. The van der Waals surface area contributed by atoms with Crippen molar-refractivity contribution in [1.82, 2.24) is 5.32 Å². The summed E-state index contributed by atoms with van der Waals surface area (Å²) in [6, 6.07) is 6.09. The predicted octanol–water partition coefficient (Wildman–Crippen LogP) is 3.31. The summed E-state index contributed by atoms with van der Waals surface area (Å²) in [5.74, 6) is 0. The number of hydrogen-bond acceptors (Lipinski definition) is 1. The standard InChI is InChI=1S/C10H11BrClN/c1-13-10(2-3-10)7-4-8(11)6-9(12)5-7/h4-6,13H,2-3H2,1H3. The van der Waals surface area contributed by atoms with Crippen molar-refractivity contribution in [2.75, 3.05) is 7.05 Å². The van der Waals surface area contributed by atoms with Crippen LogP contribution in [0.4, 0.5) is 0 Å². The van der Waals surface area contributed by atoms with Crippen molar-refractivity contribution in [3.8, 4) is 0 Å². The molecular formula is C10H11BrClN. The highest BCUT2D eigenvalue weighted by Gasteiger charge is 2.42. The SMILES string of the molecule is CNC1(c2cc(Cl)cc(Br)c2)CC1. The molecule has 0 amide bonds. The van der Waals surface area contributed by atoms with Gasteiger partial charge >= 0.3 is 0 Å². The van der Waals surface area contributed by atoms with Gasteiger partial charge in [-0.15, -0.1) is 0 Å². The molecule has 0 saturated heterocycles. The molecule has 1 nitrogen and oxygen atoms in total. The fraction of sp³-hybridized carbons (Fsp3) is 0.400. The van der Waals surface area contributed by atoms with Crippen molar-refractivity contribution >= 4 is 27.5 Å². The van der Waals surface area contributed by atoms with Gasteiger partial charge in [-0.05, 0) is 43.7 Å². The molecule has 1 fully saturated rings. The molecule has 1 N–H and O–H groups in total. The molecule has 0 aromatic heterocycles. The molecule has 0 bridgehead atoms. The summed E-state index contributed by atoms with van der Waals surface area (Å²) in [5, 5.41) is 4.14. The van der Waals surface area contributed by atoms with Crippen molar-refractivity contribution < 1.29 is 0 Å². The first-order valence-corrected chi connectivity index (χ1v) is 5.49. The molecule has 0 spiro atoms. The smallest absolute Gasteiger partial charge is 0.0434 e. The van der Waals surface area contributed by atoms with Crippen LogP contribution in [0.3, 0.4) is 0 Å². The second-order valence-electron chi connectivity index (χ2n) is 3.49. The normalized spacial score (nSPS) is 18.7. The Bertz CT molecular complexity index is 313. The Balaban J connectivity index is 2.40. The van der Waals surface area contributed by atoms with Crippen LogP contribution in [0, 0.1) is 0 Å². The maximum absolute atomic E-state index is 5.98. The summed E-state index contributed by atoms with van der Waals surface area (Å²) in [4.78, 5) is 0. The van der Waals surface area contributed by atoms with Gasteiger partial charge in [0.25, 0.3) is 0 Å². The van der Waals surface area contributed by atoms with Crippen LogP contribution in [0.5, 0.6) is 0 Å². The molecule has 1 aromatic carbocycles. The molecule has 2 rings (SSSR count). The minimum absolute atomic E-state index is 0.202. The van der Waals surface area contributed by atoms with Crippen LogP contribution in [0.25, 0.3) is 0 Å². The fourth-order valence-corrected chi connectivity index (χ4v) is 2.50. The van der Waals surface area contributed by atoms with Gasteiger partial charge in [0.15, 0.2) is 0 Å². The molecule has 1 aliphatic rings. The third-order valence-electron chi connectivity index (χ3n) is 2.64. The molecule has 0 atom stereocenters. The Kier molecular flexibility index (Phi) is 2.39. The number of nitrogens with one attached hydrogen (secondary N) is 1.